The molecule has 0 unspecified atom stereocenters. The molecule has 0 atom stereocenters. The van der Waals surface area contributed by atoms with Gasteiger partial charge in [-0.25, -0.2) is 0 Å². The van der Waals surface area contributed by atoms with Gasteiger partial charge in [-0.15, -0.1) is 0 Å². The van der Waals surface area contributed by atoms with E-state index in [4.69, 9.17) is 0 Å². The molecule has 0 aromatic heterocycles. The summed E-state index contributed by atoms with van der Waals surface area (Å²) < 4.78 is 0. The highest BCUT2D eigenvalue weighted by atomic mass is 16.2. The van der Waals surface area contributed by atoms with Gasteiger partial charge in [0.1, 0.15) is 0 Å². The van der Waals surface area contributed by atoms with Gasteiger partial charge in [0.05, 0.1) is 0 Å². The van der Waals surface area contributed by atoms with Gasteiger partial charge in [-0.3, -0.25) is 4.79 Å². The second kappa shape index (κ2) is 9.80. The molecular weight excluding hydrogens is 284 g/mol. The molecule has 122 valence electrons. The summed E-state index contributed by atoms with van der Waals surface area (Å²) in [5.41, 5.74) is 2.45. The molecule has 0 fully saturated rings. The Morgan fingerprint density at radius 2 is 1.57 bits per heavy atom. The molecule has 0 saturated carbocycles. The molecule has 0 heterocycles. The van der Waals surface area contributed by atoms with Crippen molar-refractivity contribution in [2.24, 2.45) is 0 Å². The molecule has 0 aliphatic rings. The Hall–Kier alpha value is -2.13. The van der Waals surface area contributed by atoms with Crippen molar-refractivity contribution in [1.29, 1.82) is 0 Å². The SMILES string of the molecule is CNCCCC(=O)N(CCc1ccccc1)Cc1ccccc1. The largest absolute Gasteiger partial charge is 0.338 e. The van der Waals surface area contributed by atoms with Crippen molar-refractivity contribution in [3.05, 3.63) is 71.8 Å². The standard InChI is InChI=1S/C20H26N2O/c1-21-15-8-13-20(23)22(17-19-11-6-3-7-12-19)16-14-18-9-4-2-5-10-18/h2-7,9-12,21H,8,13-17H2,1H3. The first kappa shape index (κ1) is 17.2. The molecule has 23 heavy (non-hydrogen) atoms. The fourth-order valence-electron chi connectivity index (χ4n) is 2.58. The average molecular weight is 310 g/mol. The smallest absolute Gasteiger partial charge is 0.222 e. The Morgan fingerprint density at radius 1 is 0.957 bits per heavy atom. The topological polar surface area (TPSA) is 32.3 Å². The third-order valence-corrected chi connectivity index (χ3v) is 3.90. The van der Waals surface area contributed by atoms with Gasteiger partial charge in [0.2, 0.25) is 5.91 Å². The number of rotatable bonds is 9. The molecule has 0 bridgehead atoms. The van der Waals surface area contributed by atoms with Crippen LogP contribution in [-0.2, 0) is 17.8 Å². The van der Waals surface area contributed by atoms with E-state index >= 15 is 0 Å². The Labute approximate surface area is 139 Å². The van der Waals surface area contributed by atoms with Crippen LogP contribution in [0.25, 0.3) is 0 Å². The minimum absolute atomic E-state index is 0.236. The zero-order chi connectivity index (χ0) is 16.3. The van der Waals surface area contributed by atoms with Crippen molar-refractivity contribution >= 4 is 5.91 Å². The van der Waals surface area contributed by atoms with Crippen molar-refractivity contribution in [3.63, 3.8) is 0 Å². The number of carbonyl (C=O) groups is 1. The van der Waals surface area contributed by atoms with Crippen molar-refractivity contribution in [2.75, 3.05) is 20.1 Å². The fourth-order valence-corrected chi connectivity index (χ4v) is 2.58. The summed E-state index contributed by atoms with van der Waals surface area (Å²) in [6.07, 6.45) is 2.37. The first-order valence-corrected chi connectivity index (χ1v) is 8.30. The lowest BCUT2D eigenvalue weighted by molar-refractivity contribution is -0.131. The zero-order valence-corrected chi connectivity index (χ0v) is 13.9. The summed E-state index contributed by atoms with van der Waals surface area (Å²) in [4.78, 5) is 14.5. The van der Waals surface area contributed by atoms with Gasteiger partial charge in [0, 0.05) is 19.5 Å². The molecular formula is C20H26N2O. The van der Waals surface area contributed by atoms with Crippen LogP contribution in [0.1, 0.15) is 24.0 Å². The van der Waals surface area contributed by atoms with Crippen LogP contribution in [0.3, 0.4) is 0 Å². The van der Waals surface area contributed by atoms with Gasteiger partial charge in [-0.05, 0) is 37.6 Å². The van der Waals surface area contributed by atoms with Crippen molar-refractivity contribution in [1.82, 2.24) is 10.2 Å². The molecule has 2 aromatic carbocycles. The first-order valence-electron chi connectivity index (χ1n) is 8.30. The van der Waals surface area contributed by atoms with Gasteiger partial charge in [-0.2, -0.15) is 0 Å². The van der Waals surface area contributed by atoms with Crippen LogP contribution in [0.15, 0.2) is 60.7 Å². The molecule has 2 rings (SSSR count). The first-order chi connectivity index (χ1) is 11.3. The highest BCUT2D eigenvalue weighted by molar-refractivity contribution is 5.76. The molecule has 2 aromatic rings. The number of hydrogen-bond acceptors (Lipinski definition) is 2. The van der Waals surface area contributed by atoms with Crippen LogP contribution in [-0.4, -0.2) is 30.9 Å². The highest BCUT2D eigenvalue weighted by Crippen LogP contribution is 2.09. The summed E-state index contributed by atoms with van der Waals surface area (Å²) in [6.45, 7) is 2.33. The highest BCUT2D eigenvalue weighted by Gasteiger charge is 2.13. The predicted octanol–water partition coefficient (Wildman–Crippen LogP) is 3.26. The van der Waals surface area contributed by atoms with Gasteiger partial charge in [0.25, 0.3) is 0 Å². The normalized spacial score (nSPS) is 10.5. The lowest BCUT2D eigenvalue weighted by atomic mass is 10.1. The molecule has 0 aliphatic heterocycles. The Kier molecular flexibility index (Phi) is 7.34. The molecule has 0 radical (unpaired) electrons. The second-order valence-corrected chi connectivity index (χ2v) is 5.74. The maximum atomic E-state index is 12.5. The summed E-state index contributed by atoms with van der Waals surface area (Å²) in [5.74, 6) is 0.236. The molecule has 0 saturated heterocycles. The average Bonchev–Trinajstić information content (AvgIpc) is 2.60. The van der Waals surface area contributed by atoms with Crippen molar-refractivity contribution in [3.8, 4) is 0 Å². The molecule has 3 nitrogen and oxygen atoms in total. The van der Waals surface area contributed by atoms with Gasteiger partial charge >= 0.3 is 0 Å². The summed E-state index contributed by atoms with van der Waals surface area (Å²) in [6, 6.07) is 20.6. The minimum Gasteiger partial charge on any atom is -0.338 e. The zero-order valence-electron chi connectivity index (χ0n) is 13.9. The maximum Gasteiger partial charge on any atom is 0.222 e. The minimum atomic E-state index is 0.236. The molecule has 1 N–H and O–H groups in total. The quantitative estimate of drug-likeness (QED) is 0.721. The number of nitrogens with one attached hydrogen (secondary N) is 1. The number of carbonyl (C=O) groups excluding carboxylic acids is 1. The van der Waals surface area contributed by atoms with Gasteiger partial charge in [0.15, 0.2) is 0 Å². The van der Waals surface area contributed by atoms with Crippen LogP contribution in [0, 0.1) is 0 Å². The maximum absolute atomic E-state index is 12.5. The third kappa shape index (κ3) is 6.25. The third-order valence-electron chi connectivity index (χ3n) is 3.90. The fraction of sp³-hybridized carbons (Fsp3) is 0.350. The van der Waals surface area contributed by atoms with E-state index in [0.29, 0.717) is 13.0 Å². The van der Waals surface area contributed by atoms with Crippen LogP contribution in [0.4, 0.5) is 0 Å². The van der Waals surface area contributed by atoms with E-state index in [2.05, 4.69) is 29.6 Å². The second-order valence-electron chi connectivity index (χ2n) is 5.74. The van der Waals surface area contributed by atoms with E-state index in [1.54, 1.807) is 0 Å². The van der Waals surface area contributed by atoms with Crippen molar-refractivity contribution < 1.29 is 4.79 Å². The van der Waals surface area contributed by atoms with E-state index in [1.165, 1.54) is 11.1 Å². The van der Waals surface area contributed by atoms with E-state index in [9.17, 15) is 4.79 Å². The number of amides is 1. The van der Waals surface area contributed by atoms with E-state index in [-0.39, 0.29) is 5.91 Å². The predicted molar refractivity (Wildman–Crippen MR) is 95.2 cm³/mol. The molecule has 3 heteroatoms. The number of nitrogens with zero attached hydrogens (tertiary/aromatic N) is 1. The van der Waals surface area contributed by atoms with Crippen molar-refractivity contribution in [2.45, 2.75) is 25.8 Å². The summed E-state index contributed by atoms with van der Waals surface area (Å²) in [7, 11) is 1.92. The molecule has 1 amide bonds. The molecule has 0 spiro atoms. The van der Waals surface area contributed by atoms with E-state index in [0.717, 1.165) is 25.9 Å². The Morgan fingerprint density at radius 3 is 2.17 bits per heavy atom. The lowest BCUT2D eigenvalue weighted by Gasteiger charge is -2.23. The Bertz CT molecular complexity index is 569. The summed E-state index contributed by atoms with van der Waals surface area (Å²) in [5, 5.41) is 3.10. The van der Waals surface area contributed by atoms with Gasteiger partial charge in [-0.1, -0.05) is 60.7 Å². The summed E-state index contributed by atoms with van der Waals surface area (Å²) >= 11 is 0. The number of benzene rings is 2. The molecule has 0 aliphatic carbocycles. The van der Waals surface area contributed by atoms with Gasteiger partial charge < -0.3 is 10.2 Å². The van der Waals surface area contributed by atoms with Crippen LogP contribution in [0.2, 0.25) is 0 Å². The van der Waals surface area contributed by atoms with Crippen LogP contribution in [0.5, 0.6) is 0 Å². The lowest BCUT2D eigenvalue weighted by Crippen LogP contribution is -2.32. The monoisotopic (exact) mass is 310 g/mol. The Balaban J connectivity index is 1.96. The van der Waals surface area contributed by atoms with E-state index < -0.39 is 0 Å². The van der Waals surface area contributed by atoms with E-state index in [1.807, 2.05) is 48.3 Å². The van der Waals surface area contributed by atoms with Crippen LogP contribution < -0.4 is 5.32 Å². The van der Waals surface area contributed by atoms with Crippen LogP contribution >= 0.6 is 0 Å². The number of hydrogen-bond donors (Lipinski definition) is 1.